The van der Waals surface area contributed by atoms with Gasteiger partial charge in [0, 0.05) is 30.8 Å². The predicted molar refractivity (Wildman–Crippen MR) is 129 cm³/mol. The second-order valence-corrected chi connectivity index (χ2v) is 8.57. The van der Waals surface area contributed by atoms with Gasteiger partial charge in [0.25, 0.3) is 11.8 Å². The van der Waals surface area contributed by atoms with Gasteiger partial charge in [-0.05, 0) is 66.3 Å². The number of morpholine rings is 1. The largest absolute Gasteiger partial charge is 0.379 e. The van der Waals surface area contributed by atoms with Crippen LogP contribution in [0.4, 0.5) is 0 Å². The van der Waals surface area contributed by atoms with Crippen molar-refractivity contribution in [3.05, 3.63) is 76.9 Å². The number of carbonyl (C=O) groups excluding carboxylic acids is 2. The Morgan fingerprint density at radius 1 is 1.09 bits per heavy atom. The van der Waals surface area contributed by atoms with Gasteiger partial charge >= 0.3 is 0 Å². The molecule has 3 N–H and O–H groups in total. The van der Waals surface area contributed by atoms with Crippen LogP contribution in [0.3, 0.4) is 0 Å². The summed E-state index contributed by atoms with van der Waals surface area (Å²) in [5, 5.41) is 11.6. The van der Waals surface area contributed by atoms with Crippen LogP contribution in [0, 0.1) is 17.8 Å². The normalized spacial score (nSPS) is 17.0. The topological polar surface area (TPSA) is 90.9 Å². The molecule has 1 heterocycles. The molecule has 1 aliphatic carbocycles. The highest BCUT2D eigenvalue weighted by molar-refractivity contribution is 5.97. The smallest absolute Gasteiger partial charge is 0.266 e. The Morgan fingerprint density at radius 2 is 1.79 bits per heavy atom. The van der Waals surface area contributed by atoms with Crippen molar-refractivity contribution in [2.24, 2.45) is 5.92 Å². The van der Waals surface area contributed by atoms with Gasteiger partial charge in [0.2, 0.25) is 0 Å². The zero-order chi connectivity index (χ0) is 23.8. The first kappa shape index (κ1) is 23.7. The molecule has 0 spiro atoms. The number of nitrogens with one attached hydrogen (secondary N) is 2. The molecule has 1 atom stereocenters. The molecule has 176 valence electrons. The molecular weight excluding hydrogens is 430 g/mol. The van der Waals surface area contributed by atoms with Crippen LogP contribution in [0.2, 0.25) is 0 Å². The third-order valence-electron chi connectivity index (χ3n) is 5.98. The van der Waals surface area contributed by atoms with Crippen LogP contribution in [0.5, 0.6) is 0 Å². The van der Waals surface area contributed by atoms with Crippen molar-refractivity contribution < 1.29 is 19.5 Å². The summed E-state index contributed by atoms with van der Waals surface area (Å²) in [5.41, 5.74) is 5.23. The van der Waals surface area contributed by atoms with Gasteiger partial charge in [-0.2, -0.15) is 0 Å². The molecule has 0 unspecified atom stereocenters. The summed E-state index contributed by atoms with van der Waals surface area (Å²) >= 11 is 0. The van der Waals surface area contributed by atoms with E-state index in [9.17, 15) is 9.59 Å². The van der Waals surface area contributed by atoms with Crippen LogP contribution in [-0.4, -0.2) is 54.3 Å². The molecule has 0 aromatic heterocycles. The number of carbonyl (C=O) groups is 2. The van der Waals surface area contributed by atoms with Crippen molar-refractivity contribution in [2.75, 3.05) is 26.3 Å². The third kappa shape index (κ3) is 6.78. The maximum atomic E-state index is 12.5. The van der Waals surface area contributed by atoms with Gasteiger partial charge in [-0.15, -0.1) is 0 Å². The summed E-state index contributed by atoms with van der Waals surface area (Å²) in [6.45, 7) is 4.48. The highest BCUT2D eigenvalue weighted by Crippen LogP contribution is 2.32. The van der Waals surface area contributed by atoms with Crippen LogP contribution in [0.1, 0.15) is 39.9 Å². The van der Waals surface area contributed by atoms with Crippen LogP contribution >= 0.6 is 0 Å². The Balaban J connectivity index is 1.28. The first-order valence-corrected chi connectivity index (χ1v) is 11.5. The first-order chi connectivity index (χ1) is 16.6. The molecule has 2 aliphatic rings. The fourth-order valence-electron chi connectivity index (χ4n) is 3.84. The number of rotatable bonds is 7. The number of benzene rings is 2. The van der Waals surface area contributed by atoms with Crippen LogP contribution in [0.15, 0.2) is 54.6 Å². The van der Waals surface area contributed by atoms with Crippen molar-refractivity contribution in [1.82, 2.24) is 15.7 Å². The van der Waals surface area contributed by atoms with Crippen LogP contribution in [-0.2, 0) is 16.1 Å². The maximum absolute atomic E-state index is 12.5. The van der Waals surface area contributed by atoms with E-state index in [1.807, 2.05) is 30.3 Å². The van der Waals surface area contributed by atoms with Gasteiger partial charge in [-0.1, -0.05) is 36.1 Å². The summed E-state index contributed by atoms with van der Waals surface area (Å²) in [5.74, 6) is 5.34. The minimum atomic E-state index is -0.708. The molecule has 34 heavy (non-hydrogen) atoms. The van der Waals surface area contributed by atoms with Crippen LogP contribution in [0.25, 0.3) is 6.08 Å². The average Bonchev–Trinajstić information content (AvgIpc) is 3.72. The van der Waals surface area contributed by atoms with E-state index >= 15 is 0 Å². The standard InChI is InChI=1S/C27H29N3O4/c31-26(28-25(23-13-14-23)27(32)29-33)24-11-9-21(10-12-24)4-2-1-3-20-5-7-22(8-6-20)19-30-15-17-34-18-16-30/h2,4-12,23,25,33H,13-19H2,(H,28,31)(H,29,32)/t25-/m0/s1. The lowest BCUT2D eigenvalue weighted by Gasteiger charge is -2.26. The summed E-state index contributed by atoms with van der Waals surface area (Å²) < 4.78 is 5.39. The molecule has 2 fully saturated rings. The van der Waals surface area contributed by atoms with Crippen molar-refractivity contribution in [1.29, 1.82) is 0 Å². The molecule has 1 saturated carbocycles. The molecule has 2 aromatic rings. The quantitative estimate of drug-likeness (QED) is 0.336. The Labute approximate surface area is 199 Å². The van der Waals surface area contributed by atoms with Gasteiger partial charge in [-0.3, -0.25) is 19.7 Å². The number of ether oxygens (including phenoxy) is 1. The van der Waals surface area contributed by atoms with E-state index in [4.69, 9.17) is 9.94 Å². The molecule has 0 bridgehead atoms. The van der Waals surface area contributed by atoms with Crippen molar-refractivity contribution >= 4 is 17.9 Å². The lowest BCUT2D eigenvalue weighted by atomic mass is 10.1. The van der Waals surface area contributed by atoms with E-state index in [1.165, 1.54) is 5.56 Å². The van der Waals surface area contributed by atoms with Crippen molar-refractivity contribution in [3.63, 3.8) is 0 Å². The second-order valence-electron chi connectivity index (χ2n) is 8.57. The van der Waals surface area contributed by atoms with E-state index < -0.39 is 11.9 Å². The van der Waals surface area contributed by atoms with E-state index in [0.717, 1.165) is 56.8 Å². The highest BCUT2D eigenvalue weighted by Gasteiger charge is 2.37. The fourth-order valence-corrected chi connectivity index (χ4v) is 3.84. The van der Waals surface area contributed by atoms with Crippen molar-refractivity contribution in [3.8, 4) is 11.8 Å². The summed E-state index contributed by atoms with van der Waals surface area (Å²) in [7, 11) is 0. The SMILES string of the molecule is O=C(N[C@H](C(=O)NO)C1CC1)c1ccc(C=CC#Cc2ccc(CN3CCOCC3)cc2)cc1. The van der Waals surface area contributed by atoms with E-state index in [2.05, 4.69) is 34.2 Å². The maximum Gasteiger partial charge on any atom is 0.266 e. The average molecular weight is 460 g/mol. The number of allylic oxidation sites excluding steroid dienone is 1. The molecule has 1 aliphatic heterocycles. The molecular formula is C27H29N3O4. The molecule has 0 radical (unpaired) electrons. The Morgan fingerprint density at radius 3 is 2.44 bits per heavy atom. The van der Waals surface area contributed by atoms with Crippen LogP contribution < -0.4 is 10.8 Å². The van der Waals surface area contributed by atoms with E-state index in [1.54, 1.807) is 23.7 Å². The lowest BCUT2D eigenvalue weighted by molar-refractivity contribution is -0.131. The highest BCUT2D eigenvalue weighted by atomic mass is 16.5. The number of amides is 2. The zero-order valence-electron chi connectivity index (χ0n) is 19.0. The Hall–Kier alpha value is -3.44. The fraction of sp³-hybridized carbons (Fsp3) is 0.333. The molecule has 1 saturated heterocycles. The van der Waals surface area contributed by atoms with Gasteiger partial charge in [-0.25, -0.2) is 5.48 Å². The monoisotopic (exact) mass is 459 g/mol. The summed E-state index contributed by atoms with van der Waals surface area (Å²) in [6.07, 6.45) is 5.39. The molecule has 7 nitrogen and oxygen atoms in total. The summed E-state index contributed by atoms with van der Waals surface area (Å²) in [4.78, 5) is 26.6. The van der Waals surface area contributed by atoms with E-state index in [-0.39, 0.29) is 11.8 Å². The van der Waals surface area contributed by atoms with Gasteiger partial charge in [0.05, 0.1) is 13.2 Å². The molecule has 2 amide bonds. The minimum absolute atomic E-state index is 0.0813. The van der Waals surface area contributed by atoms with Gasteiger partial charge in [0.15, 0.2) is 0 Å². The first-order valence-electron chi connectivity index (χ1n) is 11.5. The summed E-state index contributed by atoms with van der Waals surface area (Å²) in [6, 6.07) is 14.7. The number of hydrogen-bond donors (Lipinski definition) is 3. The minimum Gasteiger partial charge on any atom is -0.379 e. The third-order valence-corrected chi connectivity index (χ3v) is 5.98. The number of hydrogen-bond acceptors (Lipinski definition) is 5. The van der Waals surface area contributed by atoms with E-state index in [0.29, 0.717) is 5.56 Å². The molecule has 7 heteroatoms. The van der Waals surface area contributed by atoms with Crippen molar-refractivity contribution in [2.45, 2.75) is 25.4 Å². The Kier molecular flexibility index (Phi) is 8.10. The zero-order valence-corrected chi connectivity index (χ0v) is 19.0. The van der Waals surface area contributed by atoms with Gasteiger partial charge in [0.1, 0.15) is 6.04 Å². The second kappa shape index (κ2) is 11.6. The lowest BCUT2D eigenvalue weighted by Crippen LogP contribution is -2.47. The molecule has 4 rings (SSSR count). The predicted octanol–water partition coefficient (Wildman–Crippen LogP) is 2.60. The number of hydroxylamine groups is 1. The van der Waals surface area contributed by atoms with Gasteiger partial charge < -0.3 is 10.1 Å². The Bertz CT molecular complexity index is 1070. The molecule has 2 aromatic carbocycles. The number of nitrogens with zero attached hydrogens (tertiary/aromatic N) is 1.